The minimum absolute atomic E-state index is 0.0546. The Balaban J connectivity index is 1.70. The van der Waals surface area contributed by atoms with Crippen molar-refractivity contribution in [1.29, 1.82) is 0 Å². The van der Waals surface area contributed by atoms with E-state index in [1.807, 2.05) is 6.07 Å². The Morgan fingerprint density at radius 1 is 1.07 bits per heavy atom. The molecule has 7 heteroatoms. The van der Waals surface area contributed by atoms with Crippen molar-refractivity contribution in [2.75, 3.05) is 29.4 Å². The summed E-state index contributed by atoms with van der Waals surface area (Å²) in [6.07, 6.45) is 1.95. The lowest BCUT2D eigenvalue weighted by Crippen LogP contribution is -2.32. The topological polar surface area (TPSA) is 66.5 Å². The molecule has 0 bridgehead atoms. The maximum absolute atomic E-state index is 12.0. The first-order valence-corrected chi connectivity index (χ1v) is 11.7. The molecule has 5 nitrogen and oxygen atoms in total. The summed E-state index contributed by atoms with van der Waals surface area (Å²) < 4.78 is 25.3. The quantitative estimate of drug-likeness (QED) is 0.485. The van der Waals surface area contributed by atoms with Crippen molar-refractivity contribution in [2.24, 2.45) is 0 Å². The number of hydrogen-bond donors (Lipinski definition) is 1. The van der Waals surface area contributed by atoms with Crippen LogP contribution in [0.3, 0.4) is 0 Å². The summed E-state index contributed by atoms with van der Waals surface area (Å²) in [6, 6.07) is 17.2. The molecule has 0 aromatic heterocycles. The molecule has 0 aliphatic carbocycles. The fraction of sp³-hybridized carbons (Fsp3) is 0.350. The molecule has 2 aromatic carbocycles. The predicted octanol–water partition coefficient (Wildman–Crippen LogP) is 3.45. The second-order valence-electron chi connectivity index (χ2n) is 6.29. The third kappa shape index (κ3) is 7.64. The molecule has 0 atom stereocenters. The van der Waals surface area contributed by atoms with Gasteiger partial charge >= 0.3 is 0 Å². The van der Waals surface area contributed by atoms with Crippen molar-refractivity contribution in [3.63, 3.8) is 0 Å². The number of nitrogens with zero attached hydrogens (tertiary/aromatic N) is 1. The molecule has 0 radical (unpaired) electrons. The number of anilines is 1. The Bertz CT molecular complexity index is 822. The Morgan fingerprint density at radius 2 is 1.74 bits per heavy atom. The Hall–Kier alpha value is -1.99. The van der Waals surface area contributed by atoms with Gasteiger partial charge in [0.1, 0.15) is 0 Å². The zero-order chi connectivity index (χ0) is 19.7. The van der Waals surface area contributed by atoms with Gasteiger partial charge in [-0.2, -0.15) is 0 Å². The number of benzene rings is 2. The number of carbonyl (C=O) groups is 1. The van der Waals surface area contributed by atoms with Crippen LogP contribution in [0, 0.1) is 6.92 Å². The average Bonchev–Trinajstić information content (AvgIpc) is 2.63. The van der Waals surface area contributed by atoms with E-state index < -0.39 is 10.0 Å². The van der Waals surface area contributed by atoms with Crippen LogP contribution in [0.5, 0.6) is 0 Å². The van der Waals surface area contributed by atoms with Crippen molar-refractivity contribution >= 4 is 33.4 Å². The summed E-state index contributed by atoms with van der Waals surface area (Å²) >= 11 is 1.70. The molecule has 0 heterocycles. The van der Waals surface area contributed by atoms with Crippen LogP contribution in [0.1, 0.15) is 18.4 Å². The van der Waals surface area contributed by atoms with E-state index >= 15 is 0 Å². The highest BCUT2D eigenvalue weighted by molar-refractivity contribution is 7.99. The summed E-state index contributed by atoms with van der Waals surface area (Å²) in [6.45, 7) is 2.93. The van der Waals surface area contributed by atoms with E-state index in [2.05, 4.69) is 36.5 Å². The van der Waals surface area contributed by atoms with E-state index in [9.17, 15) is 13.2 Å². The van der Waals surface area contributed by atoms with Crippen LogP contribution in [0.25, 0.3) is 0 Å². The monoisotopic (exact) mass is 406 g/mol. The number of rotatable bonds is 10. The molecule has 2 rings (SSSR count). The van der Waals surface area contributed by atoms with E-state index in [1.165, 1.54) is 21.0 Å². The number of hydrogen-bond acceptors (Lipinski definition) is 4. The van der Waals surface area contributed by atoms with Gasteiger partial charge in [-0.1, -0.05) is 35.9 Å². The number of para-hydroxylation sites is 1. The van der Waals surface area contributed by atoms with E-state index in [0.29, 0.717) is 25.1 Å². The maximum atomic E-state index is 12.0. The number of thioether (sulfide) groups is 1. The van der Waals surface area contributed by atoms with Gasteiger partial charge in [0.25, 0.3) is 0 Å². The normalized spacial score (nSPS) is 11.2. The number of amides is 1. The molecule has 1 N–H and O–H groups in total. The zero-order valence-corrected chi connectivity index (χ0v) is 17.4. The number of aryl methyl sites for hydroxylation is 1. The van der Waals surface area contributed by atoms with Gasteiger partial charge in [0, 0.05) is 30.2 Å². The highest BCUT2D eigenvalue weighted by Gasteiger charge is 2.17. The molecule has 0 spiro atoms. The van der Waals surface area contributed by atoms with Gasteiger partial charge in [0.2, 0.25) is 15.9 Å². The van der Waals surface area contributed by atoms with Crippen LogP contribution >= 0.6 is 11.8 Å². The molecule has 0 saturated heterocycles. The molecule has 0 saturated carbocycles. The van der Waals surface area contributed by atoms with Gasteiger partial charge in [-0.3, -0.25) is 9.10 Å². The van der Waals surface area contributed by atoms with Crippen LogP contribution in [0.4, 0.5) is 5.69 Å². The lowest BCUT2D eigenvalue weighted by molar-refractivity contribution is -0.121. The Kier molecular flexibility index (Phi) is 8.19. The van der Waals surface area contributed by atoms with E-state index in [4.69, 9.17) is 0 Å². The molecule has 1 amide bonds. The summed E-state index contributed by atoms with van der Waals surface area (Å²) in [4.78, 5) is 13.2. The van der Waals surface area contributed by atoms with Gasteiger partial charge in [0.05, 0.1) is 11.9 Å². The summed E-state index contributed by atoms with van der Waals surface area (Å²) in [5.41, 5.74) is 1.85. The molecule has 0 unspecified atom stereocenters. The fourth-order valence-corrected chi connectivity index (χ4v) is 4.28. The van der Waals surface area contributed by atoms with Crippen molar-refractivity contribution in [3.05, 3.63) is 60.2 Å². The van der Waals surface area contributed by atoms with Crippen molar-refractivity contribution < 1.29 is 13.2 Å². The molecule has 0 aliphatic heterocycles. The van der Waals surface area contributed by atoms with E-state index in [1.54, 1.807) is 36.0 Å². The first-order valence-electron chi connectivity index (χ1n) is 8.85. The highest BCUT2D eigenvalue weighted by atomic mass is 32.2. The minimum Gasteiger partial charge on any atom is -0.355 e. The zero-order valence-electron chi connectivity index (χ0n) is 15.7. The van der Waals surface area contributed by atoms with Gasteiger partial charge in [-0.25, -0.2) is 8.42 Å². The van der Waals surface area contributed by atoms with Crippen molar-refractivity contribution in [2.45, 2.75) is 24.7 Å². The van der Waals surface area contributed by atoms with Gasteiger partial charge in [-0.15, -0.1) is 11.8 Å². The molecule has 0 aliphatic rings. The van der Waals surface area contributed by atoms with Crippen LogP contribution in [0.2, 0.25) is 0 Å². The highest BCUT2D eigenvalue weighted by Crippen LogP contribution is 2.18. The smallest absolute Gasteiger partial charge is 0.232 e. The van der Waals surface area contributed by atoms with Gasteiger partial charge in [0.15, 0.2) is 0 Å². The molecule has 146 valence electrons. The third-order valence-corrected chi connectivity index (χ3v) is 6.13. The average molecular weight is 407 g/mol. The van der Waals surface area contributed by atoms with Crippen LogP contribution in [-0.4, -0.2) is 39.4 Å². The Labute approximate surface area is 166 Å². The van der Waals surface area contributed by atoms with Crippen LogP contribution < -0.4 is 9.62 Å². The molecule has 2 aromatic rings. The second-order valence-corrected chi connectivity index (χ2v) is 9.36. The lowest BCUT2D eigenvalue weighted by atomic mass is 10.2. The third-order valence-electron chi connectivity index (χ3n) is 3.92. The Morgan fingerprint density at radius 3 is 2.37 bits per heavy atom. The van der Waals surface area contributed by atoms with Crippen LogP contribution in [0.15, 0.2) is 59.5 Å². The summed E-state index contributed by atoms with van der Waals surface area (Å²) in [5, 5.41) is 2.89. The molecular formula is C20H26N2O3S2. The van der Waals surface area contributed by atoms with Gasteiger partial charge < -0.3 is 5.32 Å². The fourth-order valence-electron chi connectivity index (χ4n) is 2.55. The minimum atomic E-state index is -3.37. The standard InChI is InChI=1S/C20H26N2O3S2/c1-17-10-12-19(13-11-17)26-16-14-21-20(23)9-6-15-22(27(2,24)25)18-7-4-3-5-8-18/h3-5,7-8,10-13H,6,9,14-16H2,1-2H3,(H,21,23). The van der Waals surface area contributed by atoms with Gasteiger partial charge in [-0.05, 0) is 37.6 Å². The molecule has 27 heavy (non-hydrogen) atoms. The maximum Gasteiger partial charge on any atom is 0.232 e. The first kappa shape index (κ1) is 21.3. The number of sulfonamides is 1. The predicted molar refractivity (Wildman–Crippen MR) is 113 cm³/mol. The summed E-state index contributed by atoms with van der Waals surface area (Å²) in [5.74, 6) is 0.745. The number of nitrogens with one attached hydrogen (secondary N) is 1. The molecular weight excluding hydrogens is 380 g/mol. The number of carbonyl (C=O) groups excluding carboxylic acids is 1. The van der Waals surface area contributed by atoms with E-state index in [-0.39, 0.29) is 12.5 Å². The second kappa shape index (κ2) is 10.4. The SMILES string of the molecule is Cc1ccc(SCCNC(=O)CCCN(c2ccccc2)S(C)(=O)=O)cc1. The van der Waals surface area contributed by atoms with E-state index in [0.717, 1.165) is 5.75 Å². The molecule has 0 fully saturated rings. The summed E-state index contributed by atoms with van der Waals surface area (Å²) in [7, 11) is -3.37. The largest absolute Gasteiger partial charge is 0.355 e. The van der Waals surface area contributed by atoms with Crippen LogP contribution in [-0.2, 0) is 14.8 Å². The lowest BCUT2D eigenvalue weighted by Gasteiger charge is -2.22. The van der Waals surface area contributed by atoms with Crippen molar-refractivity contribution in [3.8, 4) is 0 Å². The first-order chi connectivity index (χ1) is 12.9. The van der Waals surface area contributed by atoms with Crippen molar-refractivity contribution in [1.82, 2.24) is 5.32 Å².